The molecule has 3 aliphatic heterocycles. The highest BCUT2D eigenvalue weighted by molar-refractivity contribution is 7.89. The van der Waals surface area contributed by atoms with E-state index in [1.807, 2.05) is 0 Å². The highest BCUT2D eigenvalue weighted by Gasteiger charge is 2.54. The minimum absolute atomic E-state index is 0.0532. The van der Waals surface area contributed by atoms with Gasteiger partial charge in [0, 0.05) is 30.7 Å². The van der Waals surface area contributed by atoms with Crippen LogP contribution in [0.4, 0.5) is 5.69 Å². The second kappa shape index (κ2) is 5.81. The molecule has 8 heteroatoms. The Morgan fingerprint density at radius 2 is 1.88 bits per heavy atom. The fourth-order valence-corrected chi connectivity index (χ4v) is 6.34. The number of carbonyl (C=O) groups excluding carboxylic acids is 1. The van der Waals surface area contributed by atoms with Gasteiger partial charge in [0.25, 0.3) is 0 Å². The third kappa shape index (κ3) is 2.55. The van der Waals surface area contributed by atoms with Crippen LogP contribution in [0.3, 0.4) is 0 Å². The number of aliphatic carboxylic acids is 1. The number of sulfonamides is 1. The van der Waals surface area contributed by atoms with E-state index in [0.29, 0.717) is 37.9 Å². The number of benzene rings is 1. The largest absolute Gasteiger partial charge is 0.481 e. The summed E-state index contributed by atoms with van der Waals surface area (Å²) in [5.41, 5.74) is 0.703. The number of hydrogen-bond donors (Lipinski definition) is 1. The molecule has 0 saturated carbocycles. The van der Waals surface area contributed by atoms with E-state index in [1.54, 1.807) is 17.0 Å². The number of hydrogen-bond acceptors (Lipinski definition) is 4. The Labute approximate surface area is 146 Å². The Hall–Kier alpha value is -1.93. The van der Waals surface area contributed by atoms with Crippen LogP contribution in [0, 0.1) is 5.92 Å². The van der Waals surface area contributed by atoms with Crippen LogP contribution in [0.5, 0.6) is 0 Å². The summed E-state index contributed by atoms with van der Waals surface area (Å²) in [4.78, 5) is 25.0. The molecule has 4 rings (SSSR count). The lowest BCUT2D eigenvalue weighted by atomic mass is 9.89. The lowest BCUT2D eigenvalue weighted by Gasteiger charge is -2.23. The summed E-state index contributed by atoms with van der Waals surface area (Å²) in [7, 11) is -3.73. The Morgan fingerprint density at radius 1 is 1.16 bits per heavy atom. The first-order valence-corrected chi connectivity index (χ1v) is 10.0. The first-order chi connectivity index (χ1) is 11.9. The Kier molecular flexibility index (Phi) is 3.84. The zero-order valence-corrected chi connectivity index (χ0v) is 14.5. The van der Waals surface area contributed by atoms with Gasteiger partial charge in [-0.2, -0.15) is 4.31 Å². The summed E-state index contributed by atoms with van der Waals surface area (Å²) >= 11 is 0. The van der Waals surface area contributed by atoms with Gasteiger partial charge in [0.05, 0.1) is 10.8 Å². The summed E-state index contributed by atoms with van der Waals surface area (Å²) in [5.74, 6) is -1.48. The minimum Gasteiger partial charge on any atom is -0.481 e. The van der Waals surface area contributed by atoms with Crippen LogP contribution in [0.1, 0.15) is 32.1 Å². The van der Waals surface area contributed by atoms with Crippen LogP contribution in [-0.2, 0) is 19.6 Å². The number of carbonyl (C=O) groups is 2. The molecule has 1 aromatic carbocycles. The average molecular weight is 364 g/mol. The van der Waals surface area contributed by atoms with Crippen LogP contribution in [0.25, 0.3) is 0 Å². The normalized spacial score (nSPS) is 29.5. The van der Waals surface area contributed by atoms with Crippen molar-refractivity contribution < 1.29 is 23.1 Å². The monoisotopic (exact) mass is 364 g/mol. The lowest BCUT2D eigenvalue weighted by molar-refractivity contribution is -0.142. The zero-order valence-electron chi connectivity index (χ0n) is 13.7. The molecule has 3 atom stereocenters. The van der Waals surface area contributed by atoms with E-state index < -0.39 is 28.0 Å². The molecule has 0 aliphatic carbocycles. The molecule has 3 heterocycles. The second-order valence-corrected chi connectivity index (χ2v) is 8.80. The zero-order chi connectivity index (χ0) is 17.8. The van der Waals surface area contributed by atoms with Gasteiger partial charge in [-0.15, -0.1) is 0 Å². The van der Waals surface area contributed by atoms with Crippen LogP contribution < -0.4 is 4.90 Å². The number of carboxylic acid groups (broad SMARTS) is 1. The molecule has 1 aromatic rings. The first kappa shape index (κ1) is 16.5. The molecule has 0 spiro atoms. The minimum atomic E-state index is -3.73. The van der Waals surface area contributed by atoms with Crippen molar-refractivity contribution >= 4 is 27.6 Å². The molecule has 3 unspecified atom stereocenters. The van der Waals surface area contributed by atoms with Gasteiger partial charge in [-0.1, -0.05) is 0 Å². The maximum Gasteiger partial charge on any atom is 0.308 e. The highest BCUT2D eigenvalue weighted by atomic mass is 32.2. The number of carboxylic acids is 1. The Balaban J connectivity index is 1.61. The van der Waals surface area contributed by atoms with E-state index in [9.17, 15) is 23.1 Å². The van der Waals surface area contributed by atoms with Crippen LogP contribution in [0.2, 0.25) is 0 Å². The number of fused-ring (bicyclic) bond motifs is 2. The summed E-state index contributed by atoms with van der Waals surface area (Å²) in [6, 6.07) is 5.67. The maximum absolute atomic E-state index is 13.0. The van der Waals surface area contributed by atoms with Crippen LogP contribution >= 0.6 is 0 Å². The predicted octanol–water partition coefficient (Wildman–Crippen LogP) is 1.44. The molecule has 1 N–H and O–H groups in total. The fourth-order valence-electron chi connectivity index (χ4n) is 4.42. The highest BCUT2D eigenvalue weighted by Crippen LogP contribution is 2.45. The quantitative estimate of drug-likeness (QED) is 0.872. The molecule has 25 heavy (non-hydrogen) atoms. The van der Waals surface area contributed by atoms with Crippen LogP contribution in [-0.4, -0.2) is 48.3 Å². The van der Waals surface area contributed by atoms with Crippen molar-refractivity contribution in [2.45, 2.75) is 49.1 Å². The van der Waals surface area contributed by atoms with Crippen molar-refractivity contribution in [3.8, 4) is 0 Å². The smallest absolute Gasteiger partial charge is 0.308 e. The molecule has 0 aromatic heterocycles. The van der Waals surface area contributed by atoms with Gasteiger partial charge in [-0.05, 0) is 49.9 Å². The van der Waals surface area contributed by atoms with E-state index >= 15 is 0 Å². The van der Waals surface area contributed by atoms with Crippen molar-refractivity contribution in [3.05, 3.63) is 24.3 Å². The molecule has 0 radical (unpaired) electrons. The van der Waals surface area contributed by atoms with Gasteiger partial charge in [0.15, 0.2) is 0 Å². The van der Waals surface area contributed by atoms with E-state index in [-0.39, 0.29) is 16.8 Å². The van der Waals surface area contributed by atoms with Crippen molar-refractivity contribution in [1.82, 2.24) is 4.31 Å². The molecule has 3 fully saturated rings. The van der Waals surface area contributed by atoms with E-state index in [2.05, 4.69) is 0 Å². The molecule has 7 nitrogen and oxygen atoms in total. The van der Waals surface area contributed by atoms with Crippen LogP contribution in [0.15, 0.2) is 29.2 Å². The fraction of sp³-hybridized carbons (Fsp3) is 0.529. The Morgan fingerprint density at radius 3 is 2.44 bits per heavy atom. The summed E-state index contributed by atoms with van der Waals surface area (Å²) in [5, 5.41) is 9.31. The number of nitrogens with zero attached hydrogens (tertiary/aromatic N) is 2. The van der Waals surface area contributed by atoms with Gasteiger partial charge in [0.2, 0.25) is 15.9 Å². The van der Waals surface area contributed by atoms with E-state index in [1.165, 1.54) is 16.4 Å². The molecule has 2 bridgehead atoms. The molecular weight excluding hydrogens is 344 g/mol. The molecule has 3 saturated heterocycles. The number of anilines is 1. The van der Waals surface area contributed by atoms with Crippen molar-refractivity contribution in [1.29, 1.82) is 0 Å². The standard InChI is InChI=1S/C17H20N2O5S/c20-16-2-1-9-18(16)11-3-6-13(7-4-11)25(23,24)19-12-5-8-15(19)14(10-12)17(21)22/h3-4,6-7,12,14-15H,1-2,5,8-10H2,(H,21,22). The average Bonchev–Trinajstić information content (AvgIpc) is 3.29. The Bertz CT molecular complexity index is 820. The third-order valence-electron chi connectivity index (χ3n) is 5.59. The predicted molar refractivity (Wildman–Crippen MR) is 89.6 cm³/mol. The van der Waals surface area contributed by atoms with Gasteiger partial charge < -0.3 is 10.0 Å². The molecule has 3 aliphatic rings. The SMILES string of the molecule is O=C(O)C1CC2CCC1N2S(=O)(=O)c1ccc(N2CCCC2=O)cc1. The molecular formula is C17H20N2O5S. The second-order valence-electron chi connectivity index (χ2n) is 6.96. The van der Waals surface area contributed by atoms with Gasteiger partial charge >= 0.3 is 5.97 Å². The third-order valence-corrected chi connectivity index (χ3v) is 7.58. The molecule has 1 amide bonds. The van der Waals surface area contributed by atoms with E-state index in [0.717, 1.165) is 6.42 Å². The number of amides is 1. The van der Waals surface area contributed by atoms with E-state index in [4.69, 9.17) is 0 Å². The summed E-state index contributed by atoms with van der Waals surface area (Å²) < 4.78 is 27.4. The van der Waals surface area contributed by atoms with Gasteiger partial charge in [0.1, 0.15) is 0 Å². The van der Waals surface area contributed by atoms with Crippen molar-refractivity contribution in [2.24, 2.45) is 5.92 Å². The molecule has 134 valence electrons. The van der Waals surface area contributed by atoms with Crippen molar-refractivity contribution in [3.63, 3.8) is 0 Å². The summed E-state index contributed by atoms with van der Waals surface area (Å²) in [6.07, 6.45) is 3.04. The topological polar surface area (TPSA) is 95.0 Å². The van der Waals surface area contributed by atoms with Crippen molar-refractivity contribution in [2.75, 3.05) is 11.4 Å². The van der Waals surface area contributed by atoms with Gasteiger partial charge in [-0.3, -0.25) is 9.59 Å². The first-order valence-electron chi connectivity index (χ1n) is 8.56. The lowest BCUT2D eigenvalue weighted by Crippen LogP contribution is -2.37. The number of rotatable bonds is 4. The summed E-state index contributed by atoms with van der Waals surface area (Å²) in [6.45, 7) is 0.654. The van der Waals surface area contributed by atoms with Gasteiger partial charge in [-0.25, -0.2) is 8.42 Å². The maximum atomic E-state index is 13.0.